The van der Waals surface area contributed by atoms with E-state index < -0.39 is 0 Å². The van der Waals surface area contributed by atoms with Gasteiger partial charge in [-0.15, -0.1) is 0 Å². The number of hydrogen-bond acceptors (Lipinski definition) is 4. The van der Waals surface area contributed by atoms with E-state index in [0.717, 1.165) is 30.6 Å². The second-order valence-corrected chi connectivity index (χ2v) is 6.33. The van der Waals surface area contributed by atoms with E-state index in [9.17, 15) is 4.79 Å². The van der Waals surface area contributed by atoms with Crippen LogP contribution in [0.1, 0.15) is 18.5 Å². The normalized spacial score (nSPS) is 17.5. The number of nitrogens with zero attached hydrogens (tertiary/aromatic N) is 4. The van der Waals surface area contributed by atoms with Crippen LogP contribution in [-0.2, 0) is 6.54 Å². The number of fused-ring (bicyclic) bond motifs is 1. The second kappa shape index (κ2) is 6.07. The molecule has 0 radical (unpaired) electrons. The first-order valence-electron chi connectivity index (χ1n) is 8.37. The third-order valence-electron chi connectivity index (χ3n) is 4.68. The van der Waals surface area contributed by atoms with Crippen LogP contribution in [0.5, 0.6) is 0 Å². The van der Waals surface area contributed by atoms with Crippen molar-refractivity contribution in [2.45, 2.75) is 32.4 Å². The molecule has 4 rings (SSSR count). The minimum absolute atomic E-state index is 0.0416. The van der Waals surface area contributed by atoms with Gasteiger partial charge in [0, 0.05) is 41.6 Å². The Morgan fingerprint density at radius 3 is 2.96 bits per heavy atom. The van der Waals surface area contributed by atoms with Crippen molar-refractivity contribution in [1.29, 1.82) is 0 Å². The Kier molecular flexibility index (Phi) is 3.76. The van der Waals surface area contributed by atoms with Crippen molar-refractivity contribution >= 4 is 16.6 Å². The van der Waals surface area contributed by atoms with Crippen LogP contribution in [0, 0.1) is 6.92 Å². The number of aryl methyl sites for hydroxylation is 1. The van der Waals surface area contributed by atoms with Gasteiger partial charge in [-0.2, -0.15) is 5.10 Å². The summed E-state index contributed by atoms with van der Waals surface area (Å²) in [6.07, 6.45) is 3.87. The summed E-state index contributed by atoms with van der Waals surface area (Å²) in [5.41, 5.74) is 3.21. The number of anilines is 1. The van der Waals surface area contributed by atoms with Crippen molar-refractivity contribution < 1.29 is 0 Å². The van der Waals surface area contributed by atoms with Gasteiger partial charge < -0.3 is 4.90 Å². The smallest absolute Gasteiger partial charge is 0.266 e. The fraction of sp³-hybridized carbons (Fsp3) is 0.316. The van der Waals surface area contributed by atoms with Gasteiger partial charge in [-0.3, -0.25) is 9.78 Å². The van der Waals surface area contributed by atoms with Crippen LogP contribution in [-0.4, -0.2) is 27.4 Å². The molecule has 1 aromatic carbocycles. The molecule has 1 atom stereocenters. The average molecular weight is 320 g/mol. The molecular weight excluding hydrogens is 300 g/mol. The summed E-state index contributed by atoms with van der Waals surface area (Å²) in [7, 11) is 0. The number of pyridine rings is 1. The molecule has 5 nitrogen and oxygen atoms in total. The summed E-state index contributed by atoms with van der Waals surface area (Å²) < 4.78 is 1.57. The molecule has 3 heterocycles. The highest BCUT2D eigenvalue weighted by Crippen LogP contribution is 2.32. The lowest BCUT2D eigenvalue weighted by Crippen LogP contribution is -2.37. The van der Waals surface area contributed by atoms with Gasteiger partial charge in [0.25, 0.3) is 5.56 Å². The van der Waals surface area contributed by atoms with E-state index in [0.29, 0.717) is 6.54 Å². The van der Waals surface area contributed by atoms with E-state index in [2.05, 4.69) is 39.2 Å². The second-order valence-electron chi connectivity index (χ2n) is 6.33. The molecule has 1 unspecified atom stereocenters. The molecule has 1 aliphatic rings. The van der Waals surface area contributed by atoms with Gasteiger partial charge >= 0.3 is 0 Å². The van der Waals surface area contributed by atoms with Crippen LogP contribution >= 0.6 is 0 Å². The molecule has 0 aliphatic carbocycles. The van der Waals surface area contributed by atoms with Crippen molar-refractivity contribution in [2.24, 2.45) is 0 Å². The lowest BCUT2D eigenvalue weighted by atomic mass is 10.1. The van der Waals surface area contributed by atoms with E-state index in [-0.39, 0.29) is 11.6 Å². The van der Waals surface area contributed by atoms with Crippen molar-refractivity contribution in [3.63, 3.8) is 0 Å². The lowest BCUT2D eigenvalue weighted by molar-refractivity contribution is 0.489. The van der Waals surface area contributed by atoms with Gasteiger partial charge in [0.1, 0.15) is 0 Å². The standard InChI is InChI=1S/C19H20N4O/c1-14-12-18(16-7-2-3-8-17(16)21-14)22-11-5-6-15(22)13-23-19(24)9-4-10-20-23/h2-4,7-10,12,15H,5-6,11,13H2,1H3. The summed E-state index contributed by atoms with van der Waals surface area (Å²) in [5, 5.41) is 5.38. The predicted molar refractivity (Wildman–Crippen MR) is 95.3 cm³/mol. The SMILES string of the molecule is Cc1cc(N2CCCC2Cn2ncccc2=O)c2ccccc2n1. The first-order valence-corrected chi connectivity index (χ1v) is 8.37. The number of aromatic nitrogens is 3. The summed E-state index contributed by atoms with van der Waals surface area (Å²) in [6.45, 7) is 3.65. The maximum atomic E-state index is 12.0. The van der Waals surface area contributed by atoms with Gasteiger partial charge in [0.05, 0.1) is 12.1 Å². The van der Waals surface area contributed by atoms with Crippen molar-refractivity contribution in [3.05, 3.63) is 64.7 Å². The van der Waals surface area contributed by atoms with Crippen molar-refractivity contribution in [3.8, 4) is 0 Å². The van der Waals surface area contributed by atoms with Gasteiger partial charge in [-0.05, 0) is 38.0 Å². The Hall–Kier alpha value is -2.69. The summed E-state index contributed by atoms with van der Waals surface area (Å²) in [4.78, 5) is 19.0. The van der Waals surface area contributed by atoms with Crippen molar-refractivity contribution in [1.82, 2.24) is 14.8 Å². The van der Waals surface area contributed by atoms with E-state index >= 15 is 0 Å². The number of para-hydroxylation sites is 1. The molecule has 0 spiro atoms. The zero-order chi connectivity index (χ0) is 16.5. The van der Waals surface area contributed by atoms with Gasteiger partial charge in [-0.1, -0.05) is 18.2 Å². The number of rotatable bonds is 3. The summed E-state index contributed by atoms with van der Waals surface area (Å²) >= 11 is 0. The Labute approximate surface area is 140 Å². The number of hydrogen-bond donors (Lipinski definition) is 0. The molecule has 5 heteroatoms. The lowest BCUT2D eigenvalue weighted by Gasteiger charge is -2.28. The molecule has 0 saturated carbocycles. The zero-order valence-corrected chi connectivity index (χ0v) is 13.7. The average Bonchev–Trinajstić information content (AvgIpc) is 3.04. The fourth-order valence-corrected chi connectivity index (χ4v) is 3.59. The Morgan fingerprint density at radius 1 is 1.21 bits per heavy atom. The molecule has 3 aromatic rings. The first kappa shape index (κ1) is 14.9. The van der Waals surface area contributed by atoms with E-state index in [1.165, 1.54) is 11.1 Å². The van der Waals surface area contributed by atoms with E-state index in [4.69, 9.17) is 0 Å². The molecule has 0 amide bonds. The van der Waals surface area contributed by atoms with Crippen LogP contribution < -0.4 is 10.5 Å². The largest absolute Gasteiger partial charge is 0.366 e. The van der Waals surface area contributed by atoms with Crippen molar-refractivity contribution in [2.75, 3.05) is 11.4 Å². The van der Waals surface area contributed by atoms with Crippen LogP contribution in [0.15, 0.2) is 53.5 Å². The Bertz CT molecular complexity index is 934. The first-order chi connectivity index (χ1) is 11.7. The van der Waals surface area contributed by atoms with Crippen LogP contribution in [0.2, 0.25) is 0 Å². The molecule has 1 saturated heterocycles. The maximum Gasteiger partial charge on any atom is 0.266 e. The highest BCUT2D eigenvalue weighted by molar-refractivity contribution is 5.92. The third-order valence-corrected chi connectivity index (χ3v) is 4.68. The zero-order valence-electron chi connectivity index (χ0n) is 13.7. The maximum absolute atomic E-state index is 12.0. The highest BCUT2D eigenvalue weighted by atomic mass is 16.1. The summed E-state index contributed by atoms with van der Waals surface area (Å²) in [6, 6.07) is 13.9. The minimum Gasteiger partial charge on any atom is -0.366 e. The van der Waals surface area contributed by atoms with Gasteiger partial charge in [-0.25, -0.2) is 4.68 Å². The van der Waals surface area contributed by atoms with Crippen LogP contribution in [0.4, 0.5) is 5.69 Å². The number of benzene rings is 1. The molecule has 0 bridgehead atoms. The molecular formula is C19H20N4O. The third kappa shape index (κ3) is 2.66. The van der Waals surface area contributed by atoms with Crippen LogP contribution in [0.3, 0.4) is 0 Å². The fourth-order valence-electron chi connectivity index (χ4n) is 3.59. The Balaban J connectivity index is 1.73. The Morgan fingerprint density at radius 2 is 2.08 bits per heavy atom. The topological polar surface area (TPSA) is 51.0 Å². The molecule has 1 fully saturated rings. The predicted octanol–water partition coefficient (Wildman–Crippen LogP) is 2.77. The van der Waals surface area contributed by atoms with Gasteiger partial charge in [0.2, 0.25) is 0 Å². The summed E-state index contributed by atoms with van der Waals surface area (Å²) in [5.74, 6) is 0. The highest BCUT2D eigenvalue weighted by Gasteiger charge is 2.27. The minimum atomic E-state index is -0.0416. The van der Waals surface area contributed by atoms with Crippen LogP contribution in [0.25, 0.3) is 10.9 Å². The monoisotopic (exact) mass is 320 g/mol. The quantitative estimate of drug-likeness (QED) is 0.744. The van der Waals surface area contributed by atoms with Gasteiger partial charge in [0.15, 0.2) is 0 Å². The molecule has 122 valence electrons. The van der Waals surface area contributed by atoms with E-state index in [1.54, 1.807) is 23.0 Å². The molecule has 2 aromatic heterocycles. The molecule has 0 N–H and O–H groups in total. The molecule has 1 aliphatic heterocycles. The van der Waals surface area contributed by atoms with E-state index in [1.807, 2.05) is 13.0 Å². The molecule has 24 heavy (non-hydrogen) atoms.